The summed E-state index contributed by atoms with van der Waals surface area (Å²) in [4.78, 5) is 34.5. The van der Waals surface area contributed by atoms with Crippen molar-refractivity contribution in [3.05, 3.63) is 0 Å². The average Bonchev–Trinajstić information content (AvgIpc) is 2.99. The Morgan fingerprint density at radius 2 is 1.64 bits per heavy atom. The minimum absolute atomic E-state index is 0.0639. The first kappa shape index (κ1) is 24.7. The van der Waals surface area contributed by atoms with Crippen LogP contribution in [-0.4, -0.2) is 28.6 Å². The Bertz CT molecular complexity index is 505. The van der Waals surface area contributed by atoms with Crippen molar-refractivity contribution in [2.24, 2.45) is 11.8 Å². The number of alkyl halides is 2. The van der Waals surface area contributed by atoms with Gasteiger partial charge in [-0.3, -0.25) is 14.4 Å². The zero-order valence-electron chi connectivity index (χ0n) is 17.2. The number of carbonyl (C=O) groups is 3. The number of hydrogen-bond acceptors (Lipinski definition) is 3. The standard InChI is InChI=1S/C22H36F2O4/c1-2-3-16-22(23,24)20(26)15-13-17-12-14-19(25)18(17)10-8-6-4-5-7-9-11-21(27)28/h17-18H,2-16H2,1H3,(H,27,28)/t17-,18-/m1/s1. The summed E-state index contributed by atoms with van der Waals surface area (Å²) >= 11 is 0. The van der Waals surface area contributed by atoms with Crippen molar-refractivity contribution < 1.29 is 28.3 Å². The van der Waals surface area contributed by atoms with Gasteiger partial charge in [0.2, 0.25) is 5.78 Å². The molecule has 0 bridgehead atoms. The molecule has 4 nitrogen and oxygen atoms in total. The van der Waals surface area contributed by atoms with Gasteiger partial charge in [0.25, 0.3) is 0 Å². The van der Waals surface area contributed by atoms with E-state index in [0.717, 1.165) is 38.5 Å². The maximum atomic E-state index is 13.8. The van der Waals surface area contributed by atoms with E-state index < -0.39 is 17.7 Å². The maximum absolute atomic E-state index is 13.8. The predicted molar refractivity (Wildman–Crippen MR) is 105 cm³/mol. The van der Waals surface area contributed by atoms with Crippen molar-refractivity contribution in [3.8, 4) is 0 Å². The summed E-state index contributed by atoms with van der Waals surface area (Å²) in [6.07, 6.45) is 8.64. The molecular formula is C22H36F2O4. The van der Waals surface area contributed by atoms with E-state index in [-0.39, 0.29) is 36.9 Å². The molecule has 0 aromatic carbocycles. The number of carboxylic acids is 1. The van der Waals surface area contributed by atoms with Crippen LogP contribution in [-0.2, 0) is 14.4 Å². The molecule has 1 saturated carbocycles. The molecule has 0 aromatic rings. The average molecular weight is 403 g/mol. The third-order valence-corrected chi connectivity index (χ3v) is 5.89. The Kier molecular flexibility index (Phi) is 11.5. The highest BCUT2D eigenvalue weighted by molar-refractivity contribution is 5.86. The lowest BCUT2D eigenvalue weighted by Crippen LogP contribution is -2.29. The van der Waals surface area contributed by atoms with E-state index in [0.29, 0.717) is 38.5 Å². The van der Waals surface area contributed by atoms with E-state index in [1.54, 1.807) is 0 Å². The third-order valence-electron chi connectivity index (χ3n) is 5.89. The summed E-state index contributed by atoms with van der Waals surface area (Å²) in [5, 5.41) is 8.59. The summed E-state index contributed by atoms with van der Waals surface area (Å²) in [7, 11) is 0. The Labute approximate surface area is 167 Å². The fourth-order valence-corrected chi connectivity index (χ4v) is 4.10. The number of rotatable bonds is 16. The topological polar surface area (TPSA) is 71.4 Å². The van der Waals surface area contributed by atoms with Crippen LogP contribution in [0.3, 0.4) is 0 Å². The van der Waals surface area contributed by atoms with Gasteiger partial charge in [0.05, 0.1) is 0 Å². The number of halogens is 2. The van der Waals surface area contributed by atoms with Crippen molar-refractivity contribution >= 4 is 17.5 Å². The number of aliphatic carboxylic acids is 1. The van der Waals surface area contributed by atoms with Crippen LogP contribution in [0.4, 0.5) is 8.78 Å². The smallest absolute Gasteiger partial charge is 0.305 e. The van der Waals surface area contributed by atoms with Gasteiger partial charge in [-0.25, -0.2) is 0 Å². The first-order valence-electron chi connectivity index (χ1n) is 10.9. The van der Waals surface area contributed by atoms with Gasteiger partial charge in [0, 0.05) is 31.6 Å². The van der Waals surface area contributed by atoms with Crippen LogP contribution in [0.25, 0.3) is 0 Å². The Hall–Kier alpha value is -1.33. The van der Waals surface area contributed by atoms with Crippen molar-refractivity contribution in [1.82, 2.24) is 0 Å². The number of hydrogen-bond donors (Lipinski definition) is 1. The van der Waals surface area contributed by atoms with Gasteiger partial charge in [0.1, 0.15) is 5.78 Å². The second-order valence-corrected chi connectivity index (χ2v) is 8.20. The highest BCUT2D eigenvalue weighted by Gasteiger charge is 2.39. The predicted octanol–water partition coefficient (Wildman–Crippen LogP) is 5.96. The molecule has 1 fully saturated rings. The molecule has 1 aliphatic carbocycles. The van der Waals surface area contributed by atoms with Crippen molar-refractivity contribution in [2.45, 2.75) is 109 Å². The molecular weight excluding hydrogens is 366 g/mol. The lowest BCUT2D eigenvalue weighted by Gasteiger charge is -2.20. The van der Waals surface area contributed by atoms with Crippen LogP contribution < -0.4 is 0 Å². The zero-order valence-corrected chi connectivity index (χ0v) is 17.2. The first-order chi connectivity index (χ1) is 13.3. The van der Waals surface area contributed by atoms with Gasteiger partial charge >= 0.3 is 11.9 Å². The normalized spacial score (nSPS) is 19.9. The Balaban J connectivity index is 2.27. The van der Waals surface area contributed by atoms with Gasteiger partial charge in [-0.2, -0.15) is 8.78 Å². The number of carboxylic acid groups (broad SMARTS) is 1. The van der Waals surface area contributed by atoms with Gasteiger partial charge < -0.3 is 5.11 Å². The lowest BCUT2D eigenvalue weighted by molar-refractivity contribution is -0.144. The van der Waals surface area contributed by atoms with E-state index in [1.807, 2.05) is 6.92 Å². The molecule has 2 atom stereocenters. The molecule has 0 aromatic heterocycles. The number of unbranched alkanes of at least 4 members (excludes halogenated alkanes) is 6. The highest BCUT2D eigenvalue weighted by atomic mass is 19.3. The summed E-state index contributed by atoms with van der Waals surface area (Å²) in [6, 6.07) is 0. The molecule has 28 heavy (non-hydrogen) atoms. The monoisotopic (exact) mass is 402 g/mol. The van der Waals surface area contributed by atoms with Gasteiger partial charge in [-0.15, -0.1) is 0 Å². The maximum Gasteiger partial charge on any atom is 0.305 e. The second kappa shape index (κ2) is 13.0. The largest absolute Gasteiger partial charge is 0.481 e. The molecule has 0 amide bonds. The van der Waals surface area contributed by atoms with Crippen LogP contribution in [0.2, 0.25) is 0 Å². The Morgan fingerprint density at radius 3 is 2.29 bits per heavy atom. The molecule has 1 rings (SSSR count). The van der Waals surface area contributed by atoms with E-state index in [4.69, 9.17) is 5.11 Å². The van der Waals surface area contributed by atoms with E-state index in [1.165, 1.54) is 0 Å². The molecule has 1 aliphatic rings. The number of Topliss-reactive ketones (excluding diaryl/α,β-unsaturated/α-hetero) is 2. The molecule has 0 heterocycles. The molecule has 0 saturated heterocycles. The van der Waals surface area contributed by atoms with E-state index in [2.05, 4.69) is 0 Å². The Morgan fingerprint density at radius 1 is 1.00 bits per heavy atom. The SMILES string of the molecule is CCCCC(F)(F)C(=O)CC[C@H]1CCC(=O)[C@@H]1CCCCCCCCC(=O)O. The highest BCUT2D eigenvalue weighted by Crippen LogP contribution is 2.37. The molecule has 0 spiro atoms. The van der Waals surface area contributed by atoms with E-state index >= 15 is 0 Å². The summed E-state index contributed by atoms with van der Waals surface area (Å²) < 4.78 is 27.6. The van der Waals surface area contributed by atoms with Crippen LogP contribution in [0.1, 0.15) is 103 Å². The van der Waals surface area contributed by atoms with Crippen LogP contribution in [0.5, 0.6) is 0 Å². The van der Waals surface area contributed by atoms with E-state index in [9.17, 15) is 23.2 Å². The summed E-state index contributed by atoms with van der Waals surface area (Å²) in [6.45, 7) is 1.82. The van der Waals surface area contributed by atoms with Gasteiger partial charge in [-0.1, -0.05) is 45.4 Å². The van der Waals surface area contributed by atoms with Gasteiger partial charge in [0.15, 0.2) is 0 Å². The van der Waals surface area contributed by atoms with Crippen LogP contribution in [0.15, 0.2) is 0 Å². The zero-order chi connectivity index (χ0) is 21.0. The third kappa shape index (κ3) is 9.24. The van der Waals surface area contributed by atoms with Crippen molar-refractivity contribution in [3.63, 3.8) is 0 Å². The summed E-state index contributed by atoms with van der Waals surface area (Å²) in [5.74, 6) is -4.75. The number of ketones is 2. The fourth-order valence-electron chi connectivity index (χ4n) is 4.10. The minimum Gasteiger partial charge on any atom is -0.481 e. The first-order valence-corrected chi connectivity index (χ1v) is 10.9. The fraction of sp³-hybridized carbons (Fsp3) is 0.864. The molecule has 0 unspecified atom stereocenters. The van der Waals surface area contributed by atoms with Crippen molar-refractivity contribution in [1.29, 1.82) is 0 Å². The quantitative estimate of drug-likeness (QED) is 0.323. The molecule has 162 valence electrons. The minimum atomic E-state index is -3.23. The number of carbonyl (C=O) groups excluding carboxylic acids is 2. The molecule has 0 radical (unpaired) electrons. The van der Waals surface area contributed by atoms with Crippen molar-refractivity contribution in [2.75, 3.05) is 0 Å². The molecule has 6 heteroatoms. The van der Waals surface area contributed by atoms with Crippen LogP contribution >= 0.6 is 0 Å². The lowest BCUT2D eigenvalue weighted by atomic mass is 9.85. The molecule has 1 N–H and O–H groups in total. The van der Waals surface area contributed by atoms with Crippen LogP contribution in [0, 0.1) is 11.8 Å². The molecule has 0 aliphatic heterocycles. The van der Waals surface area contributed by atoms with Gasteiger partial charge in [-0.05, 0) is 38.0 Å². The second-order valence-electron chi connectivity index (χ2n) is 8.20. The summed E-state index contributed by atoms with van der Waals surface area (Å²) in [5.41, 5.74) is 0.